The zero-order valence-electron chi connectivity index (χ0n) is 25.4. The van der Waals surface area contributed by atoms with Crippen LogP contribution in [0.1, 0.15) is 58.3 Å². The van der Waals surface area contributed by atoms with Gasteiger partial charge in [0.25, 0.3) is 5.91 Å². The van der Waals surface area contributed by atoms with Crippen molar-refractivity contribution in [1.82, 2.24) is 35.7 Å². The number of rotatable bonds is 11. The molecule has 0 aliphatic carbocycles. The molecule has 2 aromatic heterocycles. The average Bonchev–Trinajstić information content (AvgIpc) is 3.77. The van der Waals surface area contributed by atoms with Gasteiger partial charge in [-0.25, -0.2) is 4.68 Å². The third-order valence-corrected chi connectivity index (χ3v) is 8.23. The number of tetrazole rings is 1. The maximum atomic E-state index is 13.4. The molecule has 1 atom stereocenters. The molecule has 230 valence electrons. The van der Waals surface area contributed by atoms with Gasteiger partial charge in [-0.15, -0.1) is 10.2 Å². The highest BCUT2D eigenvalue weighted by Crippen LogP contribution is 2.36. The predicted molar refractivity (Wildman–Crippen MR) is 170 cm³/mol. The highest BCUT2D eigenvalue weighted by Gasteiger charge is 2.26. The second-order valence-corrected chi connectivity index (χ2v) is 11.2. The first-order valence-electron chi connectivity index (χ1n) is 15.2. The third kappa shape index (κ3) is 6.77. The molecule has 1 aliphatic rings. The van der Waals surface area contributed by atoms with Gasteiger partial charge < -0.3 is 15.0 Å². The van der Waals surface area contributed by atoms with Crippen LogP contribution in [0.5, 0.6) is 5.75 Å². The minimum absolute atomic E-state index is 0.0946. The number of hydrogen-bond acceptors (Lipinski definition) is 7. The van der Waals surface area contributed by atoms with Gasteiger partial charge >= 0.3 is 0 Å². The zero-order chi connectivity index (χ0) is 31.2. The molecule has 11 nitrogen and oxygen atoms in total. The van der Waals surface area contributed by atoms with Gasteiger partial charge in [0.15, 0.2) is 5.82 Å². The molecule has 0 radical (unpaired) electrons. The number of carbonyl (C=O) groups is 2. The molecule has 1 aliphatic heterocycles. The zero-order valence-corrected chi connectivity index (χ0v) is 25.4. The first-order chi connectivity index (χ1) is 22.0. The number of anilines is 1. The normalized spacial score (nSPS) is 13.2. The average molecular weight is 605 g/mol. The molecular formula is C34H36N8O3. The van der Waals surface area contributed by atoms with Gasteiger partial charge in [-0.1, -0.05) is 47.7 Å². The van der Waals surface area contributed by atoms with Crippen molar-refractivity contribution in [3.63, 3.8) is 0 Å². The van der Waals surface area contributed by atoms with Crippen LogP contribution in [0.25, 0.3) is 11.1 Å². The number of nitrogens with one attached hydrogen (secondary N) is 2. The number of hydrogen-bond donors (Lipinski definition) is 2. The SMILES string of the molecule is Cc1cccc(OCCCC(=O)N2CCCc3c(-c4cnn(C(Cc5nn[nH]n5)NC(=O)c5ccccc5)c4)cccc32)c1C. The minimum atomic E-state index is -0.549. The standard InChI is InChI=1S/C34H36N8O3/c1-23-10-6-16-30(24(23)2)45-19-9-17-33(43)41-18-8-14-28-27(13-7-15-29(28)41)26-21-35-42(22-26)32(20-31-37-39-40-38-31)36-34(44)25-11-4-3-5-12-25/h3-7,10-13,15-16,21-22,32H,8-9,14,17-20H2,1-2H3,(H,36,44)(H,37,38,39,40). The quantitative estimate of drug-likeness (QED) is 0.203. The van der Waals surface area contributed by atoms with Crippen LogP contribution >= 0.6 is 0 Å². The number of ether oxygens (including phenoxy) is 1. The van der Waals surface area contributed by atoms with E-state index in [0.29, 0.717) is 43.8 Å². The molecule has 0 spiro atoms. The molecule has 0 fully saturated rings. The molecule has 45 heavy (non-hydrogen) atoms. The summed E-state index contributed by atoms with van der Waals surface area (Å²) in [4.78, 5) is 28.4. The van der Waals surface area contributed by atoms with Gasteiger partial charge in [0.2, 0.25) is 5.91 Å². The third-order valence-electron chi connectivity index (χ3n) is 8.23. The van der Waals surface area contributed by atoms with Crippen molar-refractivity contribution in [2.75, 3.05) is 18.1 Å². The van der Waals surface area contributed by atoms with Gasteiger partial charge in [-0.3, -0.25) is 9.59 Å². The van der Waals surface area contributed by atoms with E-state index in [-0.39, 0.29) is 11.8 Å². The summed E-state index contributed by atoms with van der Waals surface area (Å²) >= 11 is 0. The van der Waals surface area contributed by atoms with E-state index in [2.05, 4.69) is 57.0 Å². The number of aromatic nitrogens is 6. The summed E-state index contributed by atoms with van der Waals surface area (Å²) in [6, 6.07) is 21.1. The molecule has 0 saturated carbocycles. The van der Waals surface area contributed by atoms with E-state index in [1.807, 2.05) is 53.6 Å². The fraction of sp³-hybridized carbons (Fsp3) is 0.294. The van der Waals surface area contributed by atoms with Crippen molar-refractivity contribution in [2.45, 2.75) is 52.1 Å². The highest BCUT2D eigenvalue weighted by atomic mass is 16.5. The predicted octanol–water partition coefficient (Wildman–Crippen LogP) is 4.99. The Hall–Kier alpha value is -5.32. The Morgan fingerprint density at radius 1 is 1.04 bits per heavy atom. The molecule has 2 amide bonds. The maximum Gasteiger partial charge on any atom is 0.252 e. The molecule has 3 aromatic carbocycles. The lowest BCUT2D eigenvalue weighted by molar-refractivity contribution is -0.118. The Bertz CT molecular complexity index is 1770. The van der Waals surface area contributed by atoms with Gasteiger partial charge in [-0.2, -0.15) is 10.3 Å². The van der Waals surface area contributed by atoms with E-state index >= 15 is 0 Å². The number of aromatic amines is 1. The van der Waals surface area contributed by atoms with E-state index in [4.69, 9.17) is 4.74 Å². The van der Waals surface area contributed by atoms with E-state index in [9.17, 15) is 9.59 Å². The van der Waals surface area contributed by atoms with Crippen LogP contribution < -0.4 is 15.0 Å². The van der Waals surface area contributed by atoms with Crippen molar-refractivity contribution >= 4 is 17.5 Å². The number of fused-ring (bicyclic) bond motifs is 1. The molecule has 0 bridgehead atoms. The topological polar surface area (TPSA) is 131 Å². The Morgan fingerprint density at radius 3 is 2.71 bits per heavy atom. The van der Waals surface area contributed by atoms with Crippen molar-refractivity contribution in [2.24, 2.45) is 0 Å². The lowest BCUT2D eigenvalue weighted by Crippen LogP contribution is -2.35. The lowest BCUT2D eigenvalue weighted by atomic mass is 9.93. The Balaban J connectivity index is 1.17. The molecule has 3 heterocycles. The van der Waals surface area contributed by atoms with Crippen molar-refractivity contribution in [1.29, 1.82) is 0 Å². The number of benzene rings is 3. The molecule has 5 aromatic rings. The summed E-state index contributed by atoms with van der Waals surface area (Å²) in [5, 5.41) is 22.0. The van der Waals surface area contributed by atoms with Gasteiger partial charge in [0, 0.05) is 36.0 Å². The van der Waals surface area contributed by atoms with Crippen molar-refractivity contribution in [3.8, 4) is 16.9 Å². The summed E-state index contributed by atoms with van der Waals surface area (Å²) < 4.78 is 7.70. The van der Waals surface area contributed by atoms with Crippen LogP contribution in [0.3, 0.4) is 0 Å². The largest absolute Gasteiger partial charge is 0.493 e. The monoisotopic (exact) mass is 604 g/mol. The first-order valence-corrected chi connectivity index (χ1v) is 15.2. The van der Waals surface area contributed by atoms with Crippen molar-refractivity contribution in [3.05, 3.63) is 107 Å². The second-order valence-electron chi connectivity index (χ2n) is 11.2. The van der Waals surface area contributed by atoms with Crippen LogP contribution in [0.15, 0.2) is 79.1 Å². The van der Waals surface area contributed by atoms with E-state index in [1.54, 1.807) is 23.0 Å². The minimum Gasteiger partial charge on any atom is -0.493 e. The van der Waals surface area contributed by atoms with Gasteiger partial charge in [-0.05, 0) is 79.6 Å². The highest BCUT2D eigenvalue weighted by molar-refractivity contribution is 5.96. The first kappa shape index (κ1) is 29.7. The molecule has 6 rings (SSSR count). The second kappa shape index (κ2) is 13.5. The summed E-state index contributed by atoms with van der Waals surface area (Å²) in [6.07, 6.45) is 6.22. The fourth-order valence-electron chi connectivity index (χ4n) is 5.70. The fourth-order valence-corrected chi connectivity index (χ4v) is 5.70. The molecule has 0 saturated heterocycles. The maximum absolute atomic E-state index is 13.4. The number of aryl methyl sites for hydroxylation is 1. The molecular weight excluding hydrogens is 568 g/mol. The summed E-state index contributed by atoms with van der Waals surface area (Å²) in [5.74, 6) is 1.19. The van der Waals surface area contributed by atoms with Crippen molar-refractivity contribution < 1.29 is 14.3 Å². The number of carbonyl (C=O) groups excluding carboxylic acids is 2. The molecule has 1 unspecified atom stereocenters. The van der Waals surface area contributed by atoms with E-state index in [0.717, 1.165) is 46.5 Å². The van der Waals surface area contributed by atoms with Gasteiger partial charge in [0.1, 0.15) is 11.9 Å². The molecule has 11 heteroatoms. The smallest absolute Gasteiger partial charge is 0.252 e. The van der Waals surface area contributed by atoms with Gasteiger partial charge in [0.05, 0.1) is 19.2 Å². The lowest BCUT2D eigenvalue weighted by Gasteiger charge is -2.31. The summed E-state index contributed by atoms with van der Waals surface area (Å²) in [7, 11) is 0. The Labute approximate surface area is 261 Å². The van der Waals surface area contributed by atoms with Crippen LogP contribution in [0.4, 0.5) is 5.69 Å². The molecule has 2 N–H and O–H groups in total. The Kier molecular flexibility index (Phi) is 8.95. The van der Waals surface area contributed by atoms with E-state index in [1.165, 1.54) is 5.56 Å². The van der Waals surface area contributed by atoms with Crippen LogP contribution in [0.2, 0.25) is 0 Å². The van der Waals surface area contributed by atoms with Crippen LogP contribution in [0, 0.1) is 13.8 Å². The summed E-state index contributed by atoms with van der Waals surface area (Å²) in [5.41, 5.74) is 6.83. The number of nitrogens with zero attached hydrogens (tertiary/aromatic N) is 6. The van der Waals surface area contributed by atoms with Crippen LogP contribution in [-0.4, -0.2) is 55.4 Å². The Morgan fingerprint density at radius 2 is 1.89 bits per heavy atom. The van der Waals surface area contributed by atoms with E-state index < -0.39 is 6.17 Å². The van der Waals surface area contributed by atoms with Crippen LogP contribution in [-0.2, 0) is 17.6 Å². The number of H-pyrrole nitrogens is 1. The number of amides is 2. The summed E-state index contributed by atoms with van der Waals surface area (Å²) in [6.45, 7) is 5.29.